The molecule has 1 heterocycles. The molecule has 0 saturated carbocycles. The van der Waals surface area contributed by atoms with Gasteiger partial charge in [-0.1, -0.05) is 48.0 Å². The van der Waals surface area contributed by atoms with Crippen LogP contribution in [-0.4, -0.2) is 43.7 Å². The fourth-order valence-electron chi connectivity index (χ4n) is 3.07. The summed E-state index contributed by atoms with van der Waals surface area (Å²) in [6.07, 6.45) is -0.0854. The Hall–Kier alpha value is -1.95. The van der Waals surface area contributed by atoms with E-state index in [-0.39, 0.29) is 29.0 Å². The number of carbonyl (C=O) groups is 1. The van der Waals surface area contributed by atoms with Crippen LogP contribution in [0.1, 0.15) is 17.2 Å². The molecule has 0 bridgehead atoms. The highest BCUT2D eigenvalue weighted by Crippen LogP contribution is 2.20. The summed E-state index contributed by atoms with van der Waals surface area (Å²) in [5.74, 6) is -0.712. The van der Waals surface area contributed by atoms with Gasteiger partial charge in [0.15, 0.2) is 0 Å². The summed E-state index contributed by atoms with van der Waals surface area (Å²) in [5.41, 5.74) is 1.25. The Bertz CT molecular complexity index is 716. The van der Waals surface area contributed by atoms with Crippen LogP contribution < -0.4 is 5.32 Å². The van der Waals surface area contributed by atoms with Crippen LogP contribution in [-0.2, 0) is 16.0 Å². The van der Waals surface area contributed by atoms with E-state index >= 15 is 0 Å². The second-order valence-electron chi connectivity index (χ2n) is 6.32. The minimum absolute atomic E-state index is 0.0854. The largest absolute Gasteiger partial charge is 0.379 e. The van der Waals surface area contributed by atoms with E-state index in [0.29, 0.717) is 19.8 Å². The normalized spacial score (nSPS) is 16.2. The van der Waals surface area contributed by atoms with Gasteiger partial charge in [-0.05, 0) is 17.7 Å². The first-order valence-electron chi connectivity index (χ1n) is 8.71. The number of rotatable bonds is 6. The van der Waals surface area contributed by atoms with Gasteiger partial charge in [0.2, 0.25) is 5.91 Å². The molecule has 6 heteroatoms. The summed E-state index contributed by atoms with van der Waals surface area (Å²) >= 11 is 6.04. The SMILES string of the molecule is O=C(Cc1c(F)cccc1Cl)NC(CN1CCOCC1)c1ccccc1. The Morgan fingerprint density at radius 1 is 1.15 bits per heavy atom. The van der Waals surface area contributed by atoms with Gasteiger partial charge in [0.25, 0.3) is 0 Å². The number of morpholine rings is 1. The standard InChI is InChI=1S/C20H22ClFN2O2/c21-17-7-4-8-18(22)16(17)13-20(25)23-19(15-5-2-1-3-6-15)14-24-9-11-26-12-10-24/h1-8,19H,9-14H2,(H,23,25). The number of ether oxygens (including phenoxy) is 1. The summed E-state index contributed by atoms with van der Waals surface area (Å²) in [5, 5.41) is 3.30. The lowest BCUT2D eigenvalue weighted by molar-refractivity contribution is -0.121. The fraction of sp³-hybridized carbons (Fsp3) is 0.350. The number of nitrogens with zero attached hydrogens (tertiary/aromatic N) is 1. The number of hydrogen-bond acceptors (Lipinski definition) is 3. The molecule has 2 aromatic rings. The molecule has 3 rings (SSSR count). The van der Waals surface area contributed by atoms with Crippen LogP contribution in [0.3, 0.4) is 0 Å². The predicted molar refractivity (Wildman–Crippen MR) is 99.7 cm³/mol. The van der Waals surface area contributed by atoms with Gasteiger partial charge < -0.3 is 10.1 Å². The van der Waals surface area contributed by atoms with Crippen LogP contribution in [0.15, 0.2) is 48.5 Å². The Kier molecular flexibility index (Phi) is 6.61. The van der Waals surface area contributed by atoms with Crippen molar-refractivity contribution in [2.45, 2.75) is 12.5 Å². The third-order valence-corrected chi connectivity index (χ3v) is 4.83. The molecule has 0 aliphatic carbocycles. The molecule has 1 N–H and O–H groups in total. The number of nitrogens with one attached hydrogen (secondary N) is 1. The van der Waals surface area contributed by atoms with Crippen LogP contribution in [0.4, 0.5) is 4.39 Å². The number of benzene rings is 2. The highest BCUT2D eigenvalue weighted by atomic mass is 35.5. The summed E-state index contributed by atoms with van der Waals surface area (Å²) in [6.45, 7) is 3.74. The molecule has 1 amide bonds. The molecular weight excluding hydrogens is 355 g/mol. The molecule has 26 heavy (non-hydrogen) atoms. The molecule has 1 unspecified atom stereocenters. The van der Waals surface area contributed by atoms with E-state index in [0.717, 1.165) is 18.7 Å². The minimum atomic E-state index is -0.461. The van der Waals surface area contributed by atoms with Crippen LogP contribution in [0.5, 0.6) is 0 Å². The Morgan fingerprint density at radius 2 is 1.88 bits per heavy atom. The molecule has 1 aliphatic rings. The topological polar surface area (TPSA) is 41.6 Å². The highest BCUT2D eigenvalue weighted by Gasteiger charge is 2.21. The van der Waals surface area contributed by atoms with Gasteiger partial charge in [-0.25, -0.2) is 4.39 Å². The van der Waals surface area contributed by atoms with Crippen molar-refractivity contribution in [1.82, 2.24) is 10.2 Å². The van der Waals surface area contributed by atoms with E-state index in [9.17, 15) is 9.18 Å². The van der Waals surface area contributed by atoms with E-state index in [1.807, 2.05) is 30.3 Å². The van der Waals surface area contributed by atoms with Gasteiger partial charge in [0.05, 0.1) is 25.7 Å². The zero-order valence-electron chi connectivity index (χ0n) is 14.5. The molecule has 1 aliphatic heterocycles. The first-order valence-corrected chi connectivity index (χ1v) is 9.08. The number of carbonyl (C=O) groups excluding carboxylic acids is 1. The van der Waals surface area contributed by atoms with Gasteiger partial charge in [-0.15, -0.1) is 0 Å². The summed E-state index contributed by atoms with van der Waals surface area (Å²) in [4.78, 5) is 14.8. The third kappa shape index (κ3) is 5.04. The van der Waals surface area contributed by atoms with E-state index in [1.165, 1.54) is 12.1 Å². The summed E-state index contributed by atoms with van der Waals surface area (Å²) in [7, 11) is 0. The van der Waals surface area contributed by atoms with Crippen molar-refractivity contribution in [1.29, 1.82) is 0 Å². The lowest BCUT2D eigenvalue weighted by Crippen LogP contribution is -2.43. The molecule has 1 saturated heterocycles. The fourth-order valence-corrected chi connectivity index (χ4v) is 3.30. The number of amides is 1. The van der Waals surface area contributed by atoms with Crippen molar-refractivity contribution in [3.05, 3.63) is 70.5 Å². The molecule has 1 fully saturated rings. The van der Waals surface area contributed by atoms with Gasteiger partial charge in [-0.2, -0.15) is 0 Å². The minimum Gasteiger partial charge on any atom is -0.379 e. The van der Waals surface area contributed by atoms with Gasteiger partial charge >= 0.3 is 0 Å². The Balaban J connectivity index is 1.71. The van der Waals surface area contributed by atoms with Crippen LogP contribution >= 0.6 is 11.6 Å². The number of halogens is 2. The second kappa shape index (κ2) is 9.12. The Morgan fingerprint density at radius 3 is 2.58 bits per heavy atom. The van der Waals surface area contributed by atoms with Crippen LogP contribution in [0.2, 0.25) is 5.02 Å². The maximum Gasteiger partial charge on any atom is 0.225 e. The average Bonchev–Trinajstić information content (AvgIpc) is 2.66. The van der Waals surface area contributed by atoms with Crippen molar-refractivity contribution < 1.29 is 13.9 Å². The molecule has 4 nitrogen and oxygen atoms in total. The maximum atomic E-state index is 14.0. The zero-order valence-corrected chi connectivity index (χ0v) is 15.2. The van der Waals surface area contributed by atoms with E-state index in [4.69, 9.17) is 16.3 Å². The zero-order chi connectivity index (χ0) is 18.4. The van der Waals surface area contributed by atoms with Crippen molar-refractivity contribution >= 4 is 17.5 Å². The third-order valence-electron chi connectivity index (χ3n) is 4.48. The van der Waals surface area contributed by atoms with Crippen molar-refractivity contribution in [3.63, 3.8) is 0 Å². The monoisotopic (exact) mass is 376 g/mol. The molecular formula is C20H22ClFN2O2. The summed E-state index contributed by atoms with van der Waals surface area (Å²) < 4.78 is 19.3. The van der Waals surface area contributed by atoms with E-state index < -0.39 is 5.82 Å². The molecule has 0 radical (unpaired) electrons. The first kappa shape index (κ1) is 18.8. The smallest absolute Gasteiger partial charge is 0.225 e. The predicted octanol–water partition coefficient (Wildman–Crippen LogP) is 3.21. The lowest BCUT2D eigenvalue weighted by atomic mass is 10.0. The molecule has 138 valence electrons. The maximum absolute atomic E-state index is 14.0. The van der Waals surface area contributed by atoms with E-state index in [2.05, 4.69) is 10.2 Å². The highest BCUT2D eigenvalue weighted by molar-refractivity contribution is 6.31. The number of hydrogen-bond donors (Lipinski definition) is 1. The Labute approximate surface area is 157 Å². The lowest BCUT2D eigenvalue weighted by Gasteiger charge is -2.31. The second-order valence-corrected chi connectivity index (χ2v) is 6.73. The van der Waals surface area contributed by atoms with Crippen LogP contribution in [0.25, 0.3) is 0 Å². The first-order chi connectivity index (χ1) is 12.6. The van der Waals surface area contributed by atoms with E-state index in [1.54, 1.807) is 6.07 Å². The van der Waals surface area contributed by atoms with Crippen molar-refractivity contribution in [2.24, 2.45) is 0 Å². The van der Waals surface area contributed by atoms with Crippen molar-refractivity contribution in [3.8, 4) is 0 Å². The van der Waals surface area contributed by atoms with Gasteiger partial charge in [0, 0.05) is 30.2 Å². The quantitative estimate of drug-likeness (QED) is 0.841. The van der Waals surface area contributed by atoms with Gasteiger partial charge in [-0.3, -0.25) is 9.69 Å². The average molecular weight is 377 g/mol. The van der Waals surface area contributed by atoms with Gasteiger partial charge in [0.1, 0.15) is 5.82 Å². The molecule has 1 atom stereocenters. The molecule has 0 aromatic heterocycles. The van der Waals surface area contributed by atoms with Crippen LogP contribution in [0, 0.1) is 5.82 Å². The molecule has 0 spiro atoms. The molecule has 2 aromatic carbocycles. The van der Waals surface area contributed by atoms with Crippen molar-refractivity contribution in [2.75, 3.05) is 32.8 Å². The summed E-state index contributed by atoms with van der Waals surface area (Å²) in [6, 6.07) is 14.1.